The molecule has 0 atom stereocenters. The third-order valence-electron chi connectivity index (χ3n) is 2.81. The lowest BCUT2D eigenvalue weighted by Crippen LogP contribution is -2.15. The Hall–Kier alpha value is -2.29. The van der Waals surface area contributed by atoms with Crippen LogP contribution in [0.5, 0.6) is 0 Å². The molecule has 0 unspecified atom stereocenters. The minimum absolute atomic E-state index is 0.0657. The second-order valence-corrected chi connectivity index (χ2v) is 4.82. The van der Waals surface area contributed by atoms with Gasteiger partial charge < -0.3 is 10.1 Å². The third kappa shape index (κ3) is 2.39. The first kappa shape index (κ1) is 14.1. The number of carbonyl (C=O) groups is 2. The van der Waals surface area contributed by atoms with Crippen LogP contribution in [0.25, 0.3) is 0 Å². The fourth-order valence-electron chi connectivity index (χ4n) is 1.61. The third-order valence-corrected chi connectivity index (χ3v) is 3.64. The molecule has 0 saturated carbocycles. The SMILES string of the molecule is COC(=O)c1nn(C)c(C)c1NC(=O)c1snnc1C. The van der Waals surface area contributed by atoms with E-state index in [4.69, 9.17) is 0 Å². The van der Waals surface area contributed by atoms with Crippen LogP contribution in [0.3, 0.4) is 0 Å². The maximum absolute atomic E-state index is 12.2. The van der Waals surface area contributed by atoms with E-state index in [1.165, 1.54) is 11.8 Å². The largest absolute Gasteiger partial charge is 0.464 e. The molecule has 2 aromatic rings. The Morgan fingerprint density at radius 1 is 1.35 bits per heavy atom. The molecule has 1 N–H and O–H groups in total. The average Bonchev–Trinajstić information content (AvgIpc) is 2.96. The van der Waals surface area contributed by atoms with Gasteiger partial charge in [0.05, 0.1) is 24.2 Å². The van der Waals surface area contributed by atoms with Gasteiger partial charge >= 0.3 is 5.97 Å². The highest BCUT2D eigenvalue weighted by atomic mass is 32.1. The Balaban J connectivity index is 2.36. The zero-order chi connectivity index (χ0) is 14.9. The summed E-state index contributed by atoms with van der Waals surface area (Å²) in [6, 6.07) is 0. The molecular formula is C11H13N5O3S. The zero-order valence-electron chi connectivity index (χ0n) is 11.4. The number of esters is 1. The zero-order valence-corrected chi connectivity index (χ0v) is 12.2. The lowest BCUT2D eigenvalue weighted by atomic mass is 10.2. The molecule has 9 heteroatoms. The first-order valence-corrected chi connectivity index (χ1v) is 6.45. The average molecular weight is 295 g/mol. The summed E-state index contributed by atoms with van der Waals surface area (Å²) in [5, 5.41) is 10.5. The number of anilines is 1. The number of nitrogens with one attached hydrogen (secondary N) is 1. The van der Waals surface area contributed by atoms with E-state index in [-0.39, 0.29) is 11.6 Å². The summed E-state index contributed by atoms with van der Waals surface area (Å²) in [7, 11) is 2.94. The Kier molecular flexibility index (Phi) is 3.79. The van der Waals surface area contributed by atoms with Crippen molar-refractivity contribution >= 4 is 29.1 Å². The van der Waals surface area contributed by atoms with Crippen LogP contribution in [0.4, 0.5) is 5.69 Å². The van der Waals surface area contributed by atoms with Crippen LogP contribution in [0.2, 0.25) is 0 Å². The van der Waals surface area contributed by atoms with Crippen molar-refractivity contribution in [1.82, 2.24) is 19.4 Å². The van der Waals surface area contributed by atoms with Crippen molar-refractivity contribution in [3.8, 4) is 0 Å². The summed E-state index contributed by atoms with van der Waals surface area (Å²) in [5.41, 5.74) is 1.58. The van der Waals surface area contributed by atoms with Gasteiger partial charge in [0.1, 0.15) is 4.88 Å². The molecule has 2 heterocycles. The number of amides is 1. The molecule has 0 aliphatic rings. The minimum atomic E-state index is -0.608. The van der Waals surface area contributed by atoms with Crippen molar-refractivity contribution in [1.29, 1.82) is 0 Å². The molecule has 0 saturated heterocycles. The van der Waals surface area contributed by atoms with Gasteiger partial charge in [0, 0.05) is 7.05 Å². The monoisotopic (exact) mass is 295 g/mol. The summed E-state index contributed by atoms with van der Waals surface area (Å²) in [5.74, 6) is -0.984. The van der Waals surface area contributed by atoms with Crippen LogP contribution in [0, 0.1) is 13.8 Å². The number of ether oxygens (including phenoxy) is 1. The lowest BCUT2D eigenvalue weighted by Gasteiger charge is -2.04. The lowest BCUT2D eigenvalue weighted by molar-refractivity contribution is 0.0594. The van der Waals surface area contributed by atoms with Crippen LogP contribution < -0.4 is 5.32 Å². The van der Waals surface area contributed by atoms with Crippen molar-refractivity contribution in [3.63, 3.8) is 0 Å². The first-order chi connectivity index (χ1) is 9.45. The summed E-state index contributed by atoms with van der Waals surface area (Å²) < 4.78 is 9.86. The van der Waals surface area contributed by atoms with Crippen LogP contribution >= 0.6 is 11.5 Å². The predicted molar refractivity (Wildman–Crippen MR) is 71.9 cm³/mol. The van der Waals surface area contributed by atoms with Crippen LogP contribution in [-0.4, -0.2) is 38.4 Å². The normalized spacial score (nSPS) is 10.4. The molecule has 106 valence electrons. The van der Waals surface area contributed by atoms with Gasteiger partial charge in [0.25, 0.3) is 5.91 Å². The van der Waals surface area contributed by atoms with Gasteiger partial charge in [-0.15, -0.1) is 5.10 Å². The minimum Gasteiger partial charge on any atom is -0.464 e. The van der Waals surface area contributed by atoms with E-state index in [0.717, 1.165) is 11.5 Å². The number of aryl methyl sites for hydroxylation is 2. The summed E-state index contributed by atoms with van der Waals surface area (Å²) >= 11 is 0.993. The van der Waals surface area contributed by atoms with Crippen LogP contribution in [0.1, 0.15) is 31.5 Å². The quantitative estimate of drug-likeness (QED) is 0.846. The van der Waals surface area contributed by atoms with Gasteiger partial charge in [-0.3, -0.25) is 9.48 Å². The van der Waals surface area contributed by atoms with E-state index in [2.05, 4.69) is 24.7 Å². The number of methoxy groups -OCH3 is 1. The standard InChI is InChI=1S/C11H13N5O3S/c1-5-9(20-15-13-5)10(17)12-7-6(2)16(3)14-8(7)11(18)19-4/h1-4H3,(H,12,17). The maximum Gasteiger partial charge on any atom is 0.360 e. The molecule has 8 nitrogen and oxygen atoms in total. The highest BCUT2D eigenvalue weighted by molar-refractivity contribution is 7.08. The highest BCUT2D eigenvalue weighted by Gasteiger charge is 2.23. The summed E-state index contributed by atoms with van der Waals surface area (Å²) in [6.45, 7) is 3.43. The molecule has 0 aliphatic carbocycles. The number of hydrogen-bond acceptors (Lipinski definition) is 7. The molecule has 0 aliphatic heterocycles. The van der Waals surface area contributed by atoms with E-state index in [0.29, 0.717) is 22.0 Å². The molecule has 1 amide bonds. The molecule has 0 radical (unpaired) electrons. The number of rotatable bonds is 3. The molecule has 2 rings (SSSR count). The molecule has 0 bridgehead atoms. The van der Waals surface area contributed by atoms with Crippen LogP contribution in [-0.2, 0) is 11.8 Å². The predicted octanol–water partition coefficient (Wildman–Crippen LogP) is 0.927. The van der Waals surface area contributed by atoms with Gasteiger partial charge in [-0.2, -0.15) is 5.10 Å². The van der Waals surface area contributed by atoms with E-state index < -0.39 is 5.97 Å². The van der Waals surface area contributed by atoms with E-state index in [1.807, 2.05) is 0 Å². The molecule has 0 spiro atoms. The maximum atomic E-state index is 12.2. The van der Waals surface area contributed by atoms with Gasteiger partial charge in [-0.05, 0) is 25.4 Å². The Morgan fingerprint density at radius 2 is 2.05 bits per heavy atom. The van der Waals surface area contributed by atoms with Gasteiger partial charge in [-0.25, -0.2) is 4.79 Å². The van der Waals surface area contributed by atoms with Crippen molar-refractivity contribution in [2.24, 2.45) is 7.05 Å². The Morgan fingerprint density at radius 3 is 2.60 bits per heavy atom. The molecule has 0 aromatic carbocycles. The van der Waals surface area contributed by atoms with Crippen molar-refractivity contribution in [2.75, 3.05) is 12.4 Å². The Bertz CT molecular complexity index is 676. The number of hydrogen-bond donors (Lipinski definition) is 1. The molecule has 0 fully saturated rings. The summed E-state index contributed by atoms with van der Waals surface area (Å²) in [4.78, 5) is 24.2. The molecule has 2 aromatic heterocycles. The topological polar surface area (TPSA) is 99.0 Å². The molecular weight excluding hydrogens is 282 g/mol. The first-order valence-electron chi connectivity index (χ1n) is 5.68. The fraction of sp³-hybridized carbons (Fsp3) is 0.364. The molecule has 20 heavy (non-hydrogen) atoms. The number of aromatic nitrogens is 4. The van der Waals surface area contributed by atoms with Gasteiger partial charge in [0.15, 0.2) is 5.69 Å². The van der Waals surface area contributed by atoms with Gasteiger partial charge in [0.2, 0.25) is 0 Å². The van der Waals surface area contributed by atoms with Crippen LogP contribution in [0.15, 0.2) is 0 Å². The smallest absolute Gasteiger partial charge is 0.360 e. The van der Waals surface area contributed by atoms with E-state index >= 15 is 0 Å². The van der Waals surface area contributed by atoms with E-state index in [1.54, 1.807) is 20.9 Å². The summed E-state index contributed by atoms with van der Waals surface area (Å²) in [6.07, 6.45) is 0. The van der Waals surface area contributed by atoms with E-state index in [9.17, 15) is 9.59 Å². The van der Waals surface area contributed by atoms with Crippen molar-refractivity contribution in [3.05, 3.63) is 22.0 Å². The fourth-order valence-corrected chi connectivity index (χ4v) is 2.16. The Labute approximate surface area is 118 Å². The number of carbonyl (C=O) groups excluding carboxylic acids is 2. The van der Waals surface area contributed by atoms with Gasteiger partial charge in [-0.1, -0.05) is 4.49 Å². The highest BCUT2D eigenvalue weighted by Crippen LogP contribution is 2.22. The van der Waals surface area contributed by atoms with Crippen molar-refractivity contribution in [2.45, 2.75) is 13.8 Å². The second-order valence-electron chi connectivity index (χ2n) is 4.07. The van der Waals surface area contributed by atoms with Crippen molar-refractivity contribution < 1.29 is 14.3 Å². The number of nitrogens with zero attached hydrogens (tertiary/aromatic N) is 4. The second kappa shape index (κ2) is 5.37.